The van der Waals surface area contributed by atoms with Crippen LogP contribution in [-0.2, 0) is 0 Å². The number of aliphatic hydroxyl groups excluding tert-OH is 1. The van der Waals surface area contributed by atoms with Gasteiger partial charge in [0.1, 0.15) is 0 Å². The zero-order chi connectivity index (χ0) is 13.7. The highest BCUT2D eigenvalue weighted by atomic mass is 35.5. The number of rotatable bonds is 4. The number of hydrogen-bond acceptors (Lipinski definition) is 2. The summed E-state index contributed by atoms with van der Waals surface area (Å²) in [6.07, 6.45) is 0.0199. The van der Waals surface area contributed by atoms with Gasteiger partial charge >= 0.3 is 6.03 Å². The summed E-state index contributed by atoms with van der Waals surface area (Å²) in [6, 6.07) is 4.31. The Balaban J connectivity index is 2.56. The fourth-order valence-electron chi connectivity index (χ4n) is 1.55. The molecule has 6 heteroatoms. The van der Waals surface area contributed by atoms with E-state index in [-0.39, 0.29) is 12.1 Å². The van der Waals surface area contributed by atoms with E-state index in [1.54, 1.807) is 25.1 Å². The first-order chi connectivity index (χ1) is 8.38. The Morgan fingerprint density at radius 3 is 2.67 bits per heavy atom. The monoisotopic (exact) mass is 290 g/mol. The molecular weight excluding hydrogens is 275 g/mol. The lowest BCUT2D eigenvalue weighted by molar-refractivity contribution is 0.171. The van der Waals surface area contributed by atoms with Crippen molar-refractivity contribution in [3.05, 3.63) is 28.2 Å². The second-order valence-electron chi connectivity index (χ2n) is 4.21. The minimum absolute atomic E-state index is 0.136. The molecule has 2 unspecified atom stereocenters. The first-order valence-electron chi connectivity index (χ1n) is 5.59. The molecule has 0 radical (unpaired) electrons. The Hall–Kier alpha value is -0.970. The Kier molecular flexibility index (Phi) is 5.72. The molecule has 0 heterocycles. The van der Waals surface area contributed by atoms with E-state index in [0.717, 1.165) is 0 Å². The largest absolute Gasteiger partial charge is 0.393 e. The molecule has 0 aliphatic rings. The maximum Gasteiger partial charge on any atom is 0.319 e. The number of anilines is 1. The minimum atomic E-state index is -0.463. The van der Waals surface area contributed by atoms with E-state index < -0.39 is 6.10 Å². The topological polar surface area (TPSA) is 61.4 Å². The van der Waals surface area contributed by atoms with E-state index in [1.807, 2.05) is 6.92 Å². The Morgan fingerprint density at radius 2 is 2.06 bits per heavy atom. The maximum absolute atomic E-state index is 11.7. The molecule has 2 amide bonds. The van der Waals surface area contributed by atoms with Crippen molar-refractivity contribution in [3.63, 3.8) is 0 Å². The van der Waals surface area contributed by atoms with Gasteiger partial charge in [-0.1, -0.05) is 23.2 Å². The summed E-state index contributed by atoms with van der Waals surface area (Å²) in [5.74, 6) is 0. The van der Waals surface area contributed by atoms with Gasteiger partial charge in [0.25, 0.3) is 0 Å². The number of carbonyl (C=O) groups is 1. The van der Waals surface area contributed by atoms with Crippen LogP contribution in [0.1, 0.15) is 20.3 Å². The van der Waals surface area contributed by atoms with Crippen LogP contribution in [0.4, 0.5) is 10.5 Å². The number of carbonyl (C=O) groups excluding carboxylic acids is 1. The van der Waals surface area contributed by atoms with Crippen LogP contribution in [0.25, 0.3) is 0 Å². The molecule has 4 nitrogen and oxygen atoms in total. The fraction of sp³-hybridized carbons (Fsp3) is 0.417. The van der Waals surface area contributed by atoms with Gasteiger partial charge in [0.15, 0.2) is 0 Å². The lowest BCUT2D eigenvalue weighted by atomic mass is 10.2. The average Bonchev–Trinajstić information content (AvgIpc) is 2.21. The molecule has 18 heavy (non-hydrogen) atoms. The van der Waals surface area contributed by atoms with Gasteiger partial charge in [-0.2, -0.15) is 0 Å². The quantitative estimate of drug-likeness (QED) is 0.797. The van der Waals surface area contributed by atoms with E-state index in [4.69, 9.17) is 23.2 Å². The molecule has 100 valence electrons. The van der Waals surface area contributed by atoms with Gasteiger partial charge in [-0.25, -0.2) is 4.79 Å². The lowest BCUT2D eigenvalue weighted by Gasteiger charge is -2.16. The number of amides is 2. The summed E-state index contributed by atoms with van der Waals surface area (Å²) >= 11 is 11.7. The van der Waals surface area contributed by atoms with Crippen LogP contribution in [0.2, 0.25) is 10.0 Å². The third-order valence-corrected chi connectivity index (χ3v) is 2.81. The van der Waals surface area contributed by atoms with Crippen LogP contribution < -0.4 is 10.6 Å². The van der Waals surface area contributed by atoms with Crippen molar-refractivity contribution in [1.82, 2.24) is 5.32 Å². The van der Waals surface area contributed by atoms with Crippen molar-refractivity contribution in [2.24, 2.45) is 0 Å². The number of nitrogens with one attached hydrogen (secondary N) is 2. The molecule has 1 rings (SSSR count). The van der Waals surface area contributed by atoms with Crippen molar-refractivity contribution in [1.29, 1.82) is 0 Å². The van der Waals surface area contributed by atoms with Gasteiger partial charge in [0.05, 0.1) is 16.8 Å². The summed E-state index contributed by atoms with van der Waals surface area (Å²) in [4.78, 5) is 11.7. The first kappa shape index (κ1) is 15.1. The summed E-state index contributed by atoms with van der Waals surface area (Å²) in [7, 11) is 0. The Labute approximate surface area is 116 Å². The highest BCUT2D eigenvalue weighted by Gasteiger charge is 2.11. The summed E-state index contributed by atoms with van der Waals surface area (Å²) in [5.41, 5.74) is 0.450. The lowest BCUT2D eigenvalue weighted by Crippen LogP contribution is -2.37. The summed E-state index contributed by atoms with van der Waals surface area (Å²) in [5, 5.41) is 15.4. The van der Waals surface area contributed by atoms with Gasteiger partial charge in [0, 0.05) is 11.1 Å². The number of urea groups is 1. The van der Waals surface area contributed by atoms with Crippen molar-refractivity contribution in [2.75, 3.05) is 5.32 Å². The smallest absolute Gasteiger partial charge is 0.319 e. The third kappa shape index (κ3) is 5.12. The predicted octanol–water partition coefficient (Wildman–Crippen LogP) is 3.27. The maximum atomic E-state index is 11.7. The molecule has 3 N–H and O–H groups in total. The van der Waals surface area contributed by atoms with Gasteiger partial charge in [-0.05, 0) is 38.5 Å². The van der Waals surface area contributed by atoms with E-state index in [9.17, 15) is 9.90 Å². The van der Waals surface area contributed by atoms with E-state index >= 15 is 0 Å². The standard InChI is InChI=1S/C12H16Cl2N2O2/c1-7(5-8(2)17)15-12(18)16-11-6-9(13)3-4-10(11)14/h3-4,6-8,17H,5H2,1-2H3,(H2,15,16,18). The van der Waals surface area contributed by atoms with Gasteiger partial charge < -0.3 is 15.7 Å². The molecule has 0 aliphatic carbocycles. The Morgan fingerprint density at radius 1 is 1.39 bits per heavy atom. The van der Waals surface area contributed by atoms with Crippen LogP contribution in [0.3, 0.4) is 0 Å². The molecule has 2 atom stereocenters. The SMILES string of the molecule is CC(O)CC(C)NC(=O)Nc1cc(Cl)ccc1Cl. The van der Waals surface area contributed by atoms with Gasteiger partial charge in [0.2, 0.25) is 0 Å². The second-order valence-corrected chi connectivity index (χ2v) is 5.05. The number of benzene rings is 1. The first-order valence-corrected chi connectivity index (χ1v) is 6.34. The third-order valence-electron chi connectivity index (χ3n) is 2.25. The van der Waals surface area contributed by atoms with Crippen molar-refractivity contribution in [2.45, 2.75) is 32.4 Å². The van der Waals surface area contributed by atoms with Crippen LogP contribution in [0, 0.1) is 0 Å². The normalized spacial score (nSPS) is 13.8. The van der Waals surface area contributed by atoms with Gasteiger partial charge in [-0.15, -0.1) is 0 Å². The molecule has 1 aromatic carbocycles. The van der Waals surface area contributed by atoms with Crippen LogP contribution >= 0.6 is 23.2 Å². The molecule has 1 aromatic rings. The number of halogens is 2. The van der Waals surface area contributed by atoms with Crippen LogP contribution in [0.15, 0.2) is 18.2 Å². The highest BCUT2D eigenvalue weighted by molar-refractivity contribution is 6.35. The molecule has 0 saturated carbocycles. The molecule has 0 bridgehead atoms. The van der Waals surface area contributed by atoms with Crippen LogP contribution in [0.5, 0.6) is 0 Å². The summed E-state index contributed by atoms with van der Waals surface area (Å²) < 4.78 is 0. The van der Waals surface area contributed by atoms with Crippen LogP contribution in [-0.4, -0.2) is 23.3 Å². The Bertz CT molecular complexity index is 425. The zero-order valence-electron chi connectivity index (χ0n) is 10.2. The second kappa shape index (κ2) is 6.83. The molecule has 0 spiro atoms. The molecule has 0 aromatic heterocycles. The van der Waals surface area contributed by atoms with Gasteiger partial charge in [-0.3, -0.25) is 0 Å². The molecule has 0 aliphatic heterocycles. The molecule has 0 fully saturated rings. The highest BCUT2D eigenvalue weighted by Crippen LogP contribution is 2.25. The molecular formula is C12H16Cl2N2O2. The zero-order valence-corrected chi connectivity index (χ0v) is 11.7. The van der Waals surface area contributed by atoms with Crippen molar-refractivity contribution >= 4 is 34.9 Å². The number of hydrogen-bond donors (Lipinski definition) is 3. The van der Waals surface area contributed by atoms with E-state index in [0.29, 0.717) is 22.2 Å². The van der Waals surface area contributed by atoms with E-state index in [1.165, 1.54) is 0 Å². The van der Waals surface area contributed by atoms with Crippen molar-refractivity contribution in [3.8, 4) is 0 Å². The molecule has 0 saturated heterocycles. The fourth-order valence-corrected chi connectivity index (χ4v) is 1.88. The van der Waals surface area contributed by atoms with E-state index in [2.05, 4.69) is 10.6 Å². The summed E-state index contributed by atoms with van der Waals surface area (Å²) in [6.45, 7) is 3.48. The number of aliphatic hydroxyl groups is 1. The average molecular weight is 291 g/mol. The van der Waals surface area contributed by atoms with Crippen molar-refractivity contribution < 1.29 is 9.90 Å². The minimum Gasteiger partial charge on any atom is -0.393 e. The predicted molar refractivity (Wildman–Crippen MR) is 74.4 cm³/mol.